The van der Waals surface area contributed by atoms with Gasteiger partial charge in [-0.2, -0.15) is 13.2 Å². The molecule has 47 heavy (non-hydrogen) atoms. The van der Waals surface area contributed by atoms with E-state index in [2.05, 4.69) is 4.90 Å². The molecule has 2 aliphatic rings. The number of carboxylic acid groups (broad SMARTS) is 1. The van der Waals surface area contributed by atoms with Crippen LogP contribution >= 0.6 is 11.3 Å². The Morgan fingerprint density at radius 2 is 1.91 bits per heavy atom. The van der Waals surface area contributed by atoms with Gasteiger partial charge in [0.05, 0.1) is 36.3 Å². The van der Waals surface area contributed by atoms with Gasteiger partial charge in [-0.1, -0.05) is 0 Å². The number of anilines is 1. The molecule has 1 N–H and O–H groups in total. The van der Waals surface area contributed by atoms with Crippen molar-refractivity contribution in [3.05, 3.63) is 58.2 Å². The van der Waals surface area contributed by atoms with Crippen LogP contribution < -0.4 is 9.64 Å². The predicted molar refractivity (Wildman–Crippen MR) is 168 cm³/mol. The van der Waals surface area contributed by atoms with Gasteiger partial charge in [-0.3, -0.25) is 9.69 Å². The normalized spacial score (nSPS) is 21.5. The molecule has 1 saturated heterocycles. The van der Waals surface area contributed by atoms with Gasteiger partial charge in [0.25, 0.3) is 0 Å². The highest BCUT2D eigenvalue weighted by molar-refractivity contribution is 7.14. The van der Waals surface area contributed by atoms with Gasteiger partial charge in [-0.05, 0) is 92.1 Å². The molecule has 1 amide bonds. The summed E-state index contributed by atoms with van der Waals surface area (Å²) in [6, 6.07) is 4.07. The third kappa shape index (κ3) is 7.79. The van der Waals surface area contributed by atoms with Crippen molar-refractivity contribution in [2.75, 3.05) is 25.1 Å². The Kier molecular flexibility index (Phi) is 10.6. The molecule has 14 heteroatoms. The molecule has 0 spiro atoms. The zero-order valence-corrected chi connectivity index (χ0v) is 27.2. The van der Waals surface area contributed by atoms with Crippen LogP contribution in [0, 0.1) is 11.8 Å². The van der Waals surface area contributed by atoms with Crippen molar-refractivity contribution in [3.8, 4) is 16.3 Å². The second-order valence-electron chi connectivity index (χ2n) is 12.1. The number of aliphatic carboxylic acids is 1. The predicted octanol–water partition coefficient (Wildman–Crippen LogP) is 7.89. The minimum atomic E-state index is -4.70. The lowest BCUT2D eigenvalue weighted by Gasteiger charge is -2.33. The summed E-state index contributed by atoms with van der Waals surface area (Å²) >= 11 is 1.43. The van der Waals surface area contributed by atoms with Crippen LogP contribution in [0.25, 0.3) is 10.6 Å². The summed E-state index contributed by atoms with van der Waals surface area (Å²) < 4.78 is 65.5. The van der Waals surface area contributed by atoms with Crippen LogP contribution in [-0.4, -0.2) is 58.3 Å². The van der Waals surface area contributed by atoms with Gasteiger partial charge in [-0.15, -0.1) is 11.3 Å². The van der Waals surface area contributed by atoms with Crippen molar-refractivity contribution in [3.63, 3.8) is 0 Å². The van der Waals surface area contributed by atoms with Gasteiger partial charge in [0, 0.05) is 19.5 Å². The zero-order chi connectivity index (χ0) is 33.9. The van der Waals surface area contributed by atoms with E-state index in [1.807, 2.05) is 18.4 Å². The van der Waals surface area contributed by atoms with Gasteiger partial charge in [0.1, 0.15) is 29.9 Å². The maximum atomic E-state index is 13.6. The third-order valence-electron chi connectivity index (χ3n) is 9.03. The van der Waals surface area contributed by atoms with E-state index in [-0.39, 0.29) is 30.0 Å². The summed E-state index contributed by atoms with van der Waals surface area (Å²) in [6.07, 6.45) is -1.20. The fourth-order valence-corrected chi connectivity index (χ4v) is 7.35. The molecule has 3 heterocycles. The number of ether oxygens (including phenoxy) is 2. The molecule has 1 aliphatic heterocycles. The monoisotopic (exact) mass is 678 g/mol. The molecule has 3 aromatic rings. The summed E-state index contributed by atoms with van der Waals surface area (Å²) in [7, 11) is 1.56. The van der Waals surface area contributed by atoms with E-state index in [9.17, 15) is 32.3 Å². The number of carboxylic acids is 1. The van der Waals surface area contributed by atoms with E-state index >= 15 is 0 Å². The summed E-state index contributed by atoms with van der Waals surface area (Å²) in [5.41, 5.74) is -0.0724. The maximum Gasteiger partial charge on any atom is 0.416 e. The highest BCUT2D eigenvalue weighted by atomic mass is 32.1. The standard InChI is InChI=1S/C33H38F4N4O5S/c1-4-40(17-21-7-5-20(6-8-21)13-28(42)43)31-26(39-25(16-38-31)30-27(45-3)9-10-47-30)18-41-19(2)29(46-32(41)44)23-11-22(15-34)12-24(14-23)33(35,36)37/h9-12,14,16,19-21,29H,4-8,13,15,17-18H2,1-3H3,(H,42,43)/t19-,20-,21-,29?/m0/s1. The zero-order valence-electron chi connectivity index (χ0n) is 26.4. The number of benzene rings is 1. The number of hydrogen-bond donors (Lipinski definition) is 1. The molecular formula is C33H38F4N4O5S. The molecule has 0 bridgehead atoms. The lowest BCUT2D eigenvalue weighted by atomic mass is 9.80. The SMILES string of the molecule is CCN(C[C@H]1CC[C@H](CC(=O)O)CC1)c1ncc(-c2sccc2OC)nc1CN1C(=O)OC(c2cc(CF)cc(C(F)(F)F)c2)[C@@H]1C. The van der Waals surface area contributed by atoms with E-state index in [0.717, 1.165) is 42.7 Å². The van der Waals surface area contributed by atoms with Gasteiger partial charge in [0.2, 0.25) is 0 Å². The number of hydrogen-bond acceptors (Lipinski definition) is 8. The Morgan fingerprint density at radius 1 is 1.19 bits per heavy atom. The first-order chi connectivity index (χ1) is 22.4. The Balaban J connectivity index is 1.44. The van der Waals surface area contributed by atoms with Gasteiger partial charge >= 0.3 is 18.2 Å². The highest BCUT2D eigenvalue weighted by Crippen LogP contribution is 2.40. The number of cyclic esters (lactones) is 1. The molecule has 0 radical (unpaired) electrons. The van der Waals surface area contributed by atoms with Gasteiger partial charge in [0.15, 0.2) is 5.82 Å². The Hall–Kier alpha value is -3.94. The van der Waals surface area contributed by atoms with Crippen LogP contribution in [0.2, 0.25) is 0 Å². The fraction of sp³-hybridized carbons (Fsp3) is 0.515. The van der Waals surface area contributed by atoms with E-state index in [0.29, 0.717) is 42.0 Å². The van der Waals surface area contributed by atoms with Crippen molar-refractivity contribution in [2.45, 2.75) is 77.5 Å². The number of aromatic nitrogens is 2. The van der Waals surface area contributed by atoms with Crippen molar-refractivity contribution in [1.82, 2.24) is 14.9 Å². The van der Waals surface area contributed by atoms with Crippen molar-refractivity contribution >= 4 is 29.2 Å². The largest absolute Gasteiger partial charge is 0.495 e. The molecule has 5 rings (SSSR count). The molecule has 9 nitrogen and oxygen atoms in total. The van der Waals surface area contributed by atoms with E-state index in [1.165, 1.54) is 22.3 Å². The minimum absolute atomic E-state index is 0.0306. The van der Waals surface area contributed by atoms with Crippen molar-refractivity contribution in [2.24, 2.45) is 11.8 Å². The lowest BCUT2D eigenvalue weighted by Crippen LogP contribution is -2.36. The van der Waals surface area contributed by atoms with E-state index in [1.54, 1.807) is 20.2 Å². The average molecular weight is 679 g/mol. The topological polar surface area (TPSA) is 105 Å². The molecule has 2 aromatic heterocycles. The quantitative estimate of drug-likeness (QED) is 0.193. The molecule has 1 saturated carbocycles. The number of nitrogens with zero attached hydrogens (tertiary/aromatic N) is 4. The first-order valence-electron chi connectivity index (χ1n) is 15.6. The number of rotatable bonds is 12. The van der Waals surface area contributed by atoms with Crippen LogP contribution in [0.1, 0.15) is 74.4 Å². The number of thiophene rings is 1. The minimum Gasteiger partial charge on any atom is -0.495 e. The highest BCUT2D eigenvalue weighted by Gasteiger charge is 2.42. The summed E-state index contributed by atoms with van der Waals surface area (Å²) in [6.45, 7) is 3.81. The molecule has 1 aliphatic carbocycles. The van der Waals surface area contributed by atoms with Crippen LogP contribution in [0.3, 0.4) is 0 Å². The van der Waals surface area contributed by atoms with Crippen molar-refractivity contribution < 1.29 is 41.7 Å². The first-order valence-corrected chi connectivity index (χ1v) is 16.5. The Morgan fingerprint density at radius 3 is 2.55 bits per heavy atom. The second kappa shape index (κ2) is 14.4. The number of methoxy groups -OCH3 is 1. The van der Waals surface area contributed by atoms with Gasteiger partial charge < -0.3 is 19.5 Å². The molecule has 2 fully saturated rings. The molecule has 254 valence electrons. The van der Waals surface area contributed by atoms with Crippen LogP contribution in [0.4, 0.5) is 28.2 Å². The first kappa shape index (κ1) is 34.4. The summed E-state index contributed by atoms with van der Waals surface area (Å²) in [5.74, 6) is 0.899. The number of halogens is 4. The third-order valence-corrected chi connectivity index (χ3v) is 9.95. The smallest absolute Gasteiger partial charge is 0.416 e. The average Bonchev–Trinajstić information content (AvgIpc) is 3.64. The molecule has 1 unspecified atom stereocenters. The molecule has 1 aromatic carbocycles. The van der Waals surface area contributed by atoms with Gasteiger partial charge in [-0.25, -0.2) is 19.2 Å². The number of alkyl halides is 4. The van der Waals surface area contributed by atoms with Crippen molar-refractivity contribution in [1.29, 1.82) is 0 Å². The lowest BCUT2D eigenvalue weighted by molar-refractivity contribution is -0.139. The Bertz CT molecular complexity index is 1580. The van der Waals surface area contributed by atoms with Crippen LogP contribution in [0.15, 0.2) is 35.8 Å². The fourth-order valence-electron chi connectivity index (χ4n) is 6.53. The number of carbonyl (C=O) groups is 2. The molecular weight excluding hydrogens is 640 g/mol. The van der Waals surface area contributed by atoms with Crippen LogP contribution in [-0.2, 0) is 28.9 Å². The number of amides is 1. The van der Waals surface area contributed by atoms with E-state index in [4.69, 9.17) is 19.4 Å². The number of carbonyl (C=O) groups excluding carboxylic acids is 1. The second-order valence-corrected chi connectivity index (χ2v) is 13.1. The summed E-state index contributed by atoms with van der Waals surface area (Å²) in [4.78, 5) is 38.5. The van der Waals surface area contributed by atoms with E-state index < -0.39 is 42.6 Å². The maximum absolute atomic E-state index is 13.6. The van der Waals surface area contributed by atoms with Crippen LogP contribution in [0.5, 0.6) is 5.75 Å². The molecule has 2 atom stereocenters. The summed E-state index contributed by atoms with van der Waals surface area (Å²) in [5, 5.41) is 11.1. The Labute approximate surface area is 274 Å².